The lowest BCUT2D eigenvalue weighted by atomic mass is 10.00. The highest BCUT2D eigenvalue weighted by atomic mass is 32.2. The van der Waals surface area contributed by atoms with Crippen LogP contribution in [0.3, 0.4) is 0 Å². The molecule has 0 bridgehead atoms. The molecule has 3 heterocycles. The molecule has 156 valence electrons. The van der Waals surface area contributed by atoms with Crippen molar-refractivity contribution < 1.29 is 13.3 Å². The van der Waals surface area contributed by atoms with Gasteiger partial charge in [-0.2, -0.15) is 9.40 Å². The van der Waals surface area contributed by atoms with Crippen LogP contribution in [-0.2, 0) is 16.7 Å². The summed E-state index contributed by atoms with van der Waals surface area (Å²) in [6, 6.07) is 10.5. The van der Waals surface area contributed by atoms with E-state index in [1.54, 1.807) is 4.31 Å². The van der Waals surface area contributed by atoms with Crippen LogP contribution < -0.4 is 4.90 Å². The number of benzene rings is 1. The van der Waals surface area contributed by atoms with E-state index in [0.717, 1.165) is 44.5 Å². The Labute approximate surface area is 173 Å². The minimum Gasteiger partial charge on any atom is -0.313 e. The summed E-state index contributed by atoms with van der Waals surface area (Å²) < 4.78 is 29.9. The minimum atomic E-state index is -3.46. The van der Waals surface area contributed by atoms with Gasteiger partial charge in [0, 0.05) is 19.5 Å². The van der Waals surface area contributed by atoms with Crippen LogP contribution in [0.2, 0.25) is 0 Å². The standard InChI is InChI=1S/C22H30N4O2S/c1-18-22(29(27,28)25-13-7-4-8-14-25)19(2)26(23-18)17-24-15-11-21(12-16-24)20-9-5-3-6-10-20/h3,5-6,9-11H,4,7-8,12-17H2,1-2H3/p+1. The van der Waals surface area contributed by atoms with E-state index in [4.69, 9.17) is 0 Å². The van der Waals surface area contributed by atoms with Crippen LogP contribution >= 0.6 is 0 Å². The third kappa shape index (κ3) is 4.17. The zero-order chi connectivity index (χ0) is 20.4. The van der Waals surface area contributed by atoms with Crippen LogP contribution in [0.25, 0.3) is 5.57 Å². The van der Waals surface area contributed by atoms with Crippen molar-refractivity contribution in [1.29, 1.82) is 0 Å². The van der Waals surface area contributed by atoms with Gasteiger partial charge in [-0.1, -0.05) is 36.8 Å². The maximum atomic E-state index is 13.2. The number of piperidine rings is 1. The highest BCUT2D eigenvalue weighted by molar-refractivity contribution is 7.89. The van der Waals surface area contributed by atoms with Crippen LogP contribution in [0.15, 0.2) is 41.3 Å². The van der Waals surface area contributed by atoms with Crippen molar-refractivity contribution in [3.63, 3.8) is 0 Å². The quantitative estimate of drug-likeness (QED) is 0.813. The first-order chi connectivity index (χ1) is 14.0. The molecule has 2 aromatic rings. The molecule has 0 radical (unpaired) electrons. The van der Waals surface area contributed by atoms with E-state index in [1.807, 2.05) is 24.6 Å². The highest BCUT2D eigenvalue weighted by Crippen LogP contribution is 2.26. The Kier molecular flexibility index (Phi) is 5.90. The molecular weight excluding hydrogens is 384 g/mol. The Morgan fingerprint density at radius 1 is 1.07 bits per heavy atom. The summed E-state index contributed by atoms with van der Waals surface area (Å²) in [5.41, 5.74) is 4.08. The molecule has 29 heavy (non-hydrogen) atoms. The minimum absolute atomic E-state index is 0.413. The van der Waals surface area contributed by atoms with Crippen molar-refractivity contribution in [3.05, 3.63) is 53.4 Å². The molecule has 2 aliphatic rings. The molecule has 1 fully saturated rings. The van der Waals surface area contributed by atoms with E-state index in [0.29, 0.717) is 30.3 Å². The lowest BCUT2D eigenvalue weighted by Gasteiger charge is -2.26. The number of quaternary nitrogens is 1. The predicted octanol–water partition coefficient (Wildman–Crippen LogP) is 2.00. The molecule has 1 unspecified atom stereocenters. The molecule has 2 aliphatic heterocycles. The molecule has 1 atom stereocenters. The van der Waals surface area contributed by atoms with E-state index in [-0.39, 0.29) is 0 Å². The molecular formula is C22H31N4O2S+. The first kappa shape index (κ1) is 20.3. The molecule has 0 saturated carbocycles. The molecule has 1 aromatic carbocycles. The lowest BCUT2D eigenvalue weighted by molar-refractivity contribution is -0.918. The van der Waals surface area contributed by atoms with Crippen LogP contribution in [0.4, 0.5) is 0 Å². The normalized spacial score (nSPS) is 21.2. The van der Waals surface area contributed by atoms with Gasteiger partial charge < -0.3 is 4.90 Å². The second-order valence-corrected chi connectivity index (χ2v) is 10.0. The monoisotopic (exact) mass is 415 g/mol. The summed E-state index contributed by atoms with van der Waals surface area (Å²) in [6.07, 6.45) is 6.34. The molecule has 1 saturated heterocycles. The van der Waals surface area contributed by atoms with E-state index in [2.05, 4.69) is 35.4 Å². The SMILES string of the molecule is Cc1nn(C[NH+]2CC=C(c3ccccc3)CC2)c(C)c1S(=O)(=O)N1CCCCC1. The van der Waals surface area contributed by atoms with E-state index in [1.165, 1.54) is 16.0 Å². The Balaban J connectivity index is 1.50. The zero-order valence-electron chi connectivity index (χ0n) is 17.4. The molecule has 0 aliphatic carbocycles. The van der Waals surface area contributed by atoms with Gasteiger partial charge in [-0.15, -0.1) is 0 Å². The van der Waals surface area contributed by atoms with E-state index in [9.17, 15) is 8.42 Å². The number of nitrogens with zero attached hydrogens (tertiary/aromatic N) is 3. The summed E-state index contributed by atoms with van der Waals surface area (Å²) in [7, 11) is -3.46. The number of sulfonamides is 1. The number of rotatable bonds is 5. The Morgan fingerprint density at radius 3 is 2.45 bits per heavy atom. The van der Waals surface area contributed by atoms with Gasteiger partial charge in [0.05, 0.1) is 24.5 Å². The number of aryl methyl sites for hydroxylation is 1. The van der Waals surface area contributed by atoms with Crippen molar-refractivity contribution in [2.75, 3.05) is 26.2 Å². The lowest BCUT2D eigenvalue weighted by Crippen LogP contribution is -3.11. The summed E-state index contributed by atoms with van der Waals surface area (Å²) in [4.78, 5) is 1.81. The second kappa shape index (κ2) is 8.42. The van der Waals surface area contributed by atoms with Gasteiger partial charge in [-0.3, -0.25) is 0 Å². The fourth-order valence-electron chi connectivity index (χ4n) is 4.50. The van der Waals surface area contributed by atoms with Gasteiger partial charge in [0.1, 0.15) is 4.90 Å². The molecule has 4 rings (SSSR count). The van der Waals surface area contributed by atoms with Gasteiger partial charge in [-0.25, -0.2) is 13.1 Å². The molecule has 1 aromatic heterocycles. The van der Waals surface area contributed by atoms with Gasteiger partial charge in [0.25, 0.3) is 0 Å². The average Bonchev–Trinajstić information content (AvgIpc) is 3.03. The van der Waals surface area contributed by atoms with Crippen molar-refractivity contribution >= 4 is 15.6 Å². The number of nitrogens with one attached hydrogen (secondary N) is 1. The number of hydrogen-bond acceptors (Lipinski definition) is 3. The molecule has 0 amide bonds. The Bertz CT molecular complexity index is 989. The first-order valence-corrected chi connectivity index (χ1v) is 12.0. The Morgan fingerprint density at radius 2 is 1.79 bits per heavy atom. The second-order valence-electron chi connectivity index (χ2n) is 8.17. The number of hydrogen-bond donors (Lipinski definition) is 1. The van der Waals surface area contributed by atoms with Gasteiger partial charge in [0.15, 0.2) is 6.67 Å². The Hall–Kier alpha value is -1.96. The van der Waals surface area contributed by atoms with Gasteiger partial charge in [0.2, 0.25) is 10.0 Å². The van der Waals surface area contributed by atoms with Gasteiger partial charge in [-0.05, 0) is 43.9 Å². The molecule has 0 spiro atoms. The fourth-order valence-corrected chi connectivity index (χ4v) is 6.38. The summed E-state index contributed by atoms with van der Waals surface area (Å²) >= 11 is 0. The molecule has 6 nitrogen and oxygen atoms in total. The van der Waals surface area contributed by atoms with Gasteiger partial charge >= 0.3 is 0 Å². The summed E-state index contributed by atoms with van der Waals surface area (Å²) in [5, 5.41) is 4.61. The van der Waals surface area contributed by atoms with Crippen molar-refractivity contribution in [2.24, 2.45) is 0 Å². The third-order valence-electron chi connectivity index (χ3n) is 6.13. The van der Waals surface area contributed by atoms with Crippen LogP contribution in [0.5, 0.6) is 0 Å². The molecule has 7 heteroatoms. The maximum absolute atomic E-state index is 13.2. The topological polar surface area (TPSA) is 59.6 Å². The van der Waals surface area contributed by atoms with E-state index >= 15 is 0 Å². The summed E-state index contributed by atoms with van der Waals surface area (Å²) in [5.74, 6) is 0. The van der Waals surface area contributed by atoms with Crippen LogP contribution in [-0.4, -0.2) is 48.7 Å². The highest BCUT2D eigenvalue weighted by Gasteiger charge is 2.32. The van der Waals surface area contributed by atoms with E-state index < -0.39 is 10.0 Å². The zero-order valence-corrected chi connectivity index (χ0v) is 18.2. The smallest absolute Gasteiger partial charge is 0.246 e. The van der Waals surface area contributed by atoms with Crippen LogP contribution in [0, 0.1) is 13.8 Å². The van der Waals surface area contributed by atoms with Crippen LogP contribution in [0.1, 0.15) is 42.6 Å². The van der Waals surface area contributed by atoms with Crippen molar-refractivity contribution in [3.8, 4) is 0 Å². The number of aromatic nitrogens is 2. The first-order valence-electron chi connectivity index (χ1n) is 10.6. The van der Waals surface area contributed by atoms with Crippen molar-refractivity contribution in [2.45, 2.75) is 51.1 Å². The largest absolute Gasteiger partial charge is 0.313 e. The fraction of sp³-hybridized carbons (Fsp3) is 0.500. The van der Waals surface area contributed by atoms with Crippen molar-refractivity contribution in [1.82, 2.24) is 14.1 Å². The average molecular weight is 416 g/mol. The predicted molar refractivity (Wildman–Crippen MR) is 114 cm³/mol. The third-order valence-corrected chi connectivity index (χ3v) is 8.28. The summed E-state index contributed by atoms with van der Waals surface area (Å²) in [6.45, 7) is 7.60. The maximum Gasteiger partial charge on any atom is 0.246 e. The molecule has 1 N–H and O–H groups in total.